The number of hydrogen-bond donors (Lipinski definition) is 1. The highest BCUT2D eigenvalue weighted by Gasteiger charge is 2.32. The van der Waals surface area contributed by atoms with Gasteiger partial charge in [-0.2, -0.15) is 5.10 Å². The molecule has 0 saturated carbocycles. The Morgan fingerprint density at radius 3 is 2.67 bits per heavy atom. The minimum absolute atomic E-state index is 0.0531. The van der Waals surface area contributed by atoms with Crippen molar-refractivity contribution in [3.8, 4) is 11.5 Å². The number of amides is 1. The molecule has 0 spiro atoms. The molecule has 160 valence electrons. The van der Waals surface area contributed by atoms with Crippen molar-refractivity contribution >= 4 is 51.6 Å². The van der Waals surface area contributed by atoms with Crippen molar-refractivity contribution < 1.29 is 14.3 Å². The first-order chi connectivity index (χ1) is 14.5. The monoisotopic (exact) mass is 508 g/mol. The van der Waals surface area contributed by atoms with Gasteiger partial charge in [0.15, 0.2) is 11.5 Å². The molecule has 1 heterocycles. The molecule has 0 atom stereocenters. The number of halogens is 1. The maximum absolute atomic E-state index is 12.2. The lowest BCUT2D eigenvalue weighted by molar-refractivity contribution is -0.121. The Labute approximate surface area is 194 Å². The molecule has 3 rings (SSSR count). The normalized spacial score (nSPS) is 15.3. The van der Waals surface area contributed by atoms with Gasteiger partial charge in [0.05, 0.1) is 27.8 Å². The highest BCUT2D eigenvalue weighted by Crippen LogP contribution is 2.45. The lowest BCUT2D eigenvalue weighted by Gasteiger charge is -2.19. The number of benzene rings is 2. The second kappa shape index (κ2) is 11.1. The number of thioether (sulfide) groups is 2. The fourth-order valence-corrected chi connectivity index (χ4v) is 6.37. The molecule has 30 heavy (non-hydrogen) atoms. The minimum Gasteiger partial charge on any atom is -0.490 e. The highest BCUT2D eigenvalue weighted by atomic mass is 79.9. The van der Waals surface area contributed by atoms with Crippen LogP contribution in [0.1, 0.15) is 31.4 Å². The lowest BCUT2D eigenvalue weighted by Crippen LogP contribution is -2.26. The topological polar surface area (TPSA) is 59.9 Å². The summed E-state index contributed by atoms with van der Waals surface area (Å²) in [6, 6.07) is 13.7. The van der Waals surface area contributed by atoms with Gasteiger partial charge < -0.3 is 9.47 Å². The molecule has 0 aliphatic carbocycles. The molecule has 1 N–H and O–H groups in total. The fraction of sp³-hybridized carbons (Fsp3) is 0.364. The summed E-state index contributed by atoms with van der Waals surface area (Å²) >= 11 is 7.23. The number of hydrazone groups is 1. The van der Waals surface area contributed by atoms with Gasteiger partial charge in [-0.05, 0) is 53.0 Å². The van der Waals surface area contributed by atoms with Crippen molar-refractivity contribution in [1.82, 2.24) is 5.43 Å². The van der Waals surface area contributed by atoms with Crippen molar-refractivity contribution in [2.24, 2.45) is 5.10 Å². The summed E-state index contributed by atoms with van der Waals surface area (Å²) in [5.41, 5.74) is 4.51. The summed E-state index contributed by atoms with van der Waals surface area (Å²) in [6.45, 7) is 4.99. The number of nitrogens with zero attached hydrogens (tertiary/aromatic N) is 1. The van der Waals surface area contributed by atoms with Gasteiger partial charge >= 0.3 is 0 Å². The van der Waals surface area contributed by atoms with E-state index in [2.05, 4.69) is 33.4 Å². The SMILES string of the molecule is CCOc1cc(/C=N\NC(=O)CC2(C)SCCS2)cc(Br)c1OCc1ccccc1. The minimum atomic E-state index is -0.0810. The van der Waals surface area contributed by atoms with Crippen molar-refractivity contribution in [1.29, 1.82) is 0 Å². The van der Waals surface area contributed by atoms with E-state index in [1.54, 1.807) is 6.21 Å². The van der Waals surface area contributed by atoms with Crippen molar-refractivity contribution in [2.45, 2.75) is 31.0 Å². The molecule has 8 heteroatoms. The van der Waals surface area contributed by atoms with Gasteiger partial charge in [0.1, 0.15) is 6.61 Å². The average Bonchev–Trinajstić information content (AvgIpc) is 3.14. The predicted octanol–water partition coefficient (Wildman–Crippen LogP) is 5.46. The summed E-state index contributed by atoms with van der Waals surface area (Å²) in [5, 5.41) is 4.12. The van der Waals surface area contributed by atoms with E-state index in [4.69, 9.17) is 9.47 Å². The third-order valence-corrected chi connectivity index (χ3v) is 8.22. The number of carbonyl (C=O) groups is 1. The number of rotatable bonds is 9. The molecule has 0 aromatic heterocycles. The molecule has 5 nitrogen and oxygen atoms in total. The zero-order chi connectivity index (χ0) is 21.4. The highest BCUT2D eigenvalue weighted by molar-refractivity contribution is 9.10. The first-order valence-electron chi connectivity index (χ1n) is 9.72. The van der Waals surface area contributed by atoms with Gasteiger partial charge in [0.25, 0.3) is 0 Å². The quantitative estimate of drug-likeness (QED) is 0.359. The molecule has 0 unspecified atom stereocenters. The van der Waals surface area contributed by atoms with E-state index < -0.39 is 0 Å². The largest absolute Gasteiger partial charge is 0.490 e. The van der Waals surface area contributed by atoms with E-state index in [9.17, 15) is 4.79 Å². The van der Waals surface area contributed by atoms with E-state index in [1.165, 1.54) is 0 Å². The Bertz CT molecular complexity index is 887. The van der Waals surface area contributed by atoms with E-state index in [0.717, 1.165) is 27.1 Å². The summed E-state index contributed by atoms with van der Waals surface area (Å²) < 4.78 is 12.5. The molecule has 0 radical (unpaired) electrons. The number of nitrogens with one attached hydrogen (secondary N) is 1. The third kappa shape index (κ3) is 6.68. The molecule has 1 aliphatic heterocycles. The second-order valence-corrected chi connectivity index (χ2v) is 11.1. The number of carbonyl (C=O) groups excluding carboxylic acids is 1. The van der Waals surface area contributed by atoms with Crippen LogP contribution in [-0.2, 0) is 11.4 Å². The Morgan fingerprint density at radius 1 is 1.23 bits per heavy atom. The van der Waals surface area contributed by atoms with Crippen LogP contribution in [0.25, 0.3) is 0 Å². The smallest absolute Gasteiger partial charge is 0.242 e. The van der Waals surface area contributed by atoms with Crippen LogP contribution in [0.3, 0.4) is 0 Å². The van der Waals surface area contributed by atoms with E-state index in [1.807, 2.05) is 72.9 Å². The van der Waals surface area contributed by atoms with Gasteiger partial charge in [0, 0.05) is 11.5 Å². The van der Waals surface area contributed by atoms with E-state index >= 15 is 0 Å². The Hall–Kier alpha value is -1.64. The second-order valence-electron chi connectivity index (χ2n) is 6.84. The summed E-state index contributed by atoms with van der Waals surface area (Å²) in [6.07, 6.45) is 2.06. The Kier molecular flexibility index (Phi) is 8.53. The Morgan fingerprint density at radius 2 is 1.97 bits per heavy atom. The molecular formula is C22H25BrN2O3S2. The van der Waals surface area contributed by atoms with Crippen LogP contribution in [0.15, 0.2) is 52.0 Å². The van der Waals surface area contributed by atoms with Gasteiger partial charge in [-0.1, -0.05) is 30.3 Å². The average molecular weight is 509 g/mol. The Balaban J connectivity index is 1.64. The molecule has 1 aliphatic rings. The maximum atomic E-state index is 12.2. The van der Waals surface area contributed by atoms with Crippen LogP contribution in [0.5, 0.6) is 11.5 Å². The number of ether oxygens (including phenoxy) is 2. The molecule has 1 fully saturated rings. The van der Waals surface area contributed by atoms with Crippen LogP contribution in [0.4, 0.5) is 0 Å². The maximum Gasteiger partial charge on any atom is 0.242 e. The first kappa shape index (κ1) is 23.0. The van der Waals surface area contributed by atoms with Crippen molar-refractivity contribution in [3.63, 3.8) is 0 Å². The zero-order valence-corrected chi connectivity index (χ0v) is 20.2. The van der Waals surface area contributed by atoms with Gasteiger partial charge in [0.2, 0.25) is 5.91 Å². The standard InChI is InChI=1S/C22H25BrN2O3S2/c1-3-27-19-12-17(14-24-25-20(26)13-22(2)29-9-10-30-22)11-18(23)21(19)28-15-16-7-5-4-6-8-16/h4-8,11-12,14H,3,9-10,13,15H2,1-2H3,(H,25,26)/b24-14-. The molecule has 1 amide bonds. The molecule has 2 aromatic rings. The summed E-state index contributed by atoms with van der Waals surface area (Å²) in [4.78, 5) is 12.2. The molecule has 1 saturated heterocycles. The fourth-order valence-electron chi connectivity index (χ4n) is 2.96. The van der Waals surface area contributed by atoms with E-state index in [-0.39, 0.29) is 9.99 Å². The van der Waals surface area contributed by atoms with Crippen LogP contribution in [0.2, 0.25) is 0 Å². The number of hydrogen-bond acceptors (Lipinski definition) is 6. The summed E-state index contributed by atoms with van der Waals surface area (Å²) in [7, 11) is 0. The summed E-state index contributed by atoms with van der Waals surface area (Å²) in [5.74, 6) is 3.37. The molecular weight excluding hydrogens is 484 g/mol. The third-order valence-electron chi connectivity index (χ3n) is 4.34. The van der Waals surface area contributed by atoms with E-state index in [0.29, 0.717) is 31.1 Å². The first-order valence-corrected chi connectivity index (χ1v) is 12.5. The van der Waals surface area contributed by atoms with Gasteiger partial charge in [-0.25, -0.2) is 5.43 Å². The zero-order valence-electron chi connectivity index (χ0n) is 17.0. The molecule has 2 aromatic carbocycles. The predicted molar refractivity (Wildman–Crippen MR) is 130 cm³/mol. The lowest BCUT2D eigenvalue weighted by atomic mass is 10.2. The van der Waals surface area contributed by atoms with Gasteiger partial charge in [-0.15, -0.1) is 23.5 Å². The molecule has 0 bridgehead atoms. The van der Waals surface area contributed by atoms with Crippen LogP contribution in [0, 0.1) is 0 Å². The van der Waals surface area contributed by atoms with Gasteiger partial charge in [-0.3, -0.25) is 4.79 Å². The van der Waals surface area contributed by atoms with Crippen molar-refractivity contribution in [3.05, 3.63) is 58.1 Å². The van der Waals surface area contributed by atoms with Crippen LogP contribution >= 0.6 is 39.5 Å². The van der Waals surface area contributed by atoms with Crippen molar-refractivity contribution in [2.75, 3.05) is 18.1 Å². The van der Waals surface area contributed by atoms with Crippen LogP contribution < -0.4 is 14.9 Å². The van der Waals surface area contributed by atoms with Crippen LogP contribution in [-0.4, -0.2) is 34.3 Å².